The van der Waals surface area contributed by atoms with E-state index in [0.29, 0.717) is 22.6 Å². The lowest BCUT2D eigenvalue weighted by Gasteiger charge is -2.09. The van der Waals surface area contributed by atoms with Crippen LogP contribution in [0.25, 0.3) is 6.08 Å². The predicted octanol–water partition coefficient (Wildman–Crippen LogP) is 5.16. The van der Waals surface area contributed by atoms with E-state index in [0.717, 1.165) is 5.56 Å². The summed E-state index contributed by atoms with van der Waals surface area (Å²) in [5.41, 5.74) is 1.78. The van der Waals surface area contributed by atoms with Crippen LogP contribution in [0.3, 0.4) is 0 Å². The molecule has 0 aliphatic carbocycles. The first-order valence-corrected chi connectivity index (χ1v) is 10.5. The molecule has 0 unspecified atom stereocenters. The summed E-state index contributed by atoms with van der Waals surface area (Å²) < 4.78 is 10.3. The fourth-order valence-electron chi connectivity index (χ4n) is 2.92. The van der Waals surface area contributed by atoms with Crippen LogP contribution in [0.4, 0.5) is 11.4 Å². The maximum absolute atomic E-state index is 12.5. The van der Waals surface area contributed by atoms with Crippen molar-refractivity contribution in [3.05, 3.63) is 104 Å². The van der Waals surface area contributed by atoms with E-state index in [1.807, 2.05) is 6.07 Å². The molecule has 10 heteroatoms. The van der Waals surface area contributed by atoms with E-state index in [9.17, 15) is 25.0 Å². The molecule has 1 N–H and O–H groups in total. The van der Waals surface area contributed by atoms with Crippen molar-refractivity contribution in [2.75, 3.05) is 12.4 Å². The quantitative estimate of drug-likeness (QED) is 0.151. The minimum absolute atomic E-state index is 0.0153. The van der Waals surface area contributed by atoms with E-state index in [1.165, 1.54) is 49.6 Å². The zero-order valence-corrected chi connectivity index (χ0v) is 19.1. The standard InChI is InChI=1S/C25H18ClN3O6/c1-34-25(31)18-5-7-20(8-6-18)28-24(30)19(14-27)12-17-4-11-23(22(26)13-17)35-15-16-2-9-21(10-3-16)29(32)33/h2-13H,15H2,1H3,(H,28,30)/b19-12+. The van der Waals surface area contributed by atoms with Gasteiger partial charge in [0.2, 0.25) is 0 Å². The molecule has 0 heterocycles. The molecular formula is C25H18ClN3O6. The number of carbonyl (C=O) groups is 2. The number of halogens is 1. The van der Waals surface area contributed by atoms with Gasteiger partial charge in [0.1, 0.15) is 24.0 Å². The summed E-state index contributed by atoms with van der Waals surface area (Å²) >= 11 is 6.29. The molecule has 3 aromatic carbocycles. The fraction of sp³-hybridized carbons (Fsp3) is 0.0800. The van der Waals surface area contributed by atoms with Gasteiger partial charge in [-0.1, -0.05) is 17.7 Å². The van der Waals surface area contributed by atoms with Gasteiger partial charge in [-0.25, -0.2) is 4.79 Å². The lowest BCUT2D eigenvalue weighted by molar-refractivity contribution is -0.384. The molecular weight excluding hydrogens is 474 g/mol. The number of esters is 1. The van der Waals surface area contributed by atoms with Crippen molar-refractivity contribution in [1.29, 1.82) is 5.26 Å². The highest BCUT2D eigenvalue weighted by Gasteiger charge is 2.12. The normalized spacial score (nSPS) is 10.7. The van der Waals surface area contributed by atoms with Crippen LogP contribution >= 0.6 is 11.6 Å². The Balaban J connectivity index is 1.66. The molecule has 0 aromatic heterocycles. The molecule has 0 radical (unpaired) electrons. The van der Waals surface area contributed by atoms with Crippen LogP contribution in [-0.2, 0) is 16.1 Å². The van der Waals surface area contributed by atoms with E-state index in [-0.39, 0.29) is 22.9 Å². The number of nitro groups is 1. The van der Waals surface area contributed by atoms with Gasteiger partial charge in [-0.05, 0) is 65.7 Å². The van der Waals surface area contributed by atoms with Crippen LogP contribution in [0.5, 0.6) is 5.75 Å². The zero-order chi connectivity index (χ0) is 25.4. The second-order valence-corrected chi connectivity index (χ2v) is 7.50. The van der Waals surface area contributed by atoms with Crippen LogP contribution in [0.1, 0.15) is 21.5 Å². The average molecular weight is 492 g/mol. The number of hydrogen-bond donors (Lipinski definition) is 1. The lowest BCUT2D eigenvalue weighted by Crippen LogP contribution is -2.13. The highest BCUT2D eigenvalue weighted by molar-refractivity contribution is 6.32. The van der Waals surface area contributed by atoms with Crippen LogP contribution in [0.2, 0.25) is 5.02 Å². The van der Waals surface area contributed by atoms with E-state index in [1.54, 1.807) is 30.3 Å². The minimum Gasteiger partial charge on any atom is -0.487 e. The number of rotatable bonds is 8. The third-order valence-corrected chi connectivity index (χ3v) is 5.03. The van der Waals surface area contributed by atoms with Crippen LogP contribution in [0, 0.1) is 21.4 Å². The summed E-state index contributed by atoms with van der Waals surface area (Å²) in [5.74, 6) is -0.763. The van der Waals surface area contributed by atoms with Crippen molar-refractivity contribution in [1.82, 2.24) is 0 Å². The summed E-state index contributed by atoms with van der Waals surface area (Å²) in [6, 6.07) is 18.6. The van der Waals surface area contributed by atoms with Gasteiger partial charge in [0.05, 0.1) is 22.6 Å². The fourth-order valence-corrected chi connectivity index (χ4v) is 3.16. The second kappa shape index (κ2) is 11.4. The highest BCUT2D eigenvalue weighted by Crippen LogP contribution is 2.27. The number of methoxy groups -OCH3 is 1. The summed E-state index contributed by atoms with van der Waals surface area (Å²) in [6.45, 7) is 0.146. The number of nitrogens with zero attached hydrogens (tertiary/aromatic N) is 2. The molecule has 0 bridgehead atoms. The van der Waals surface area contributed by atoms with Gasteiger partial charge >= 0.3 is 5.97 Å². The molecule has 3 rings (SSSR count). The molecule has 0 saturated heterocycles. The van der Waals surface area contributed by atoms with E-state index in [4.69, 9.17) is 16.3 Å². The maximum atomic E-state index is 12.5. The smallest absolute Gasteiger partial charge is 0.337 e. The molecule has 9 nitrogen and oxygen atoms in total. The SMILES string of the molecule is COC(=O)c1ccc(NC(=O)/C(C#N)=C/c2ccc(OCc3ccc([N+](=O)[O-])cc3)c(Cl)c2)cc1. The van der Waals surface area contributed by atoms with Crippen LogP contribution in [0.15, 0.2) is 72.3 Å². The van der Waals surface area contributed by atoms with Gasteiger partial charge < -0.3 is 14.8 Å². The lowest BCUT2D eigenvalue weighted by atomic mass is 10.1. The van der Waals surface area contributed by atoms with E-state index >= 15 is 0 Å². The number of nitriles is 1. The number of anilines is 1. The van der Waals surface area contributed by atoms with Crippen molar-refractivity contribution in [2.24, 2.45) is 0 Å². The van der Waals surface area contributed by atoms with Crippen LogP contribution in [-0.4, -0.2) is 23.9 Å². The molecule has 0 fully saturated rings. The second-order valence-electron chi connectivity index (χ2n) is 7.09. The Morgan fingerprint density at radius 2 is 1.80 bits per heavy atom. The van der Waals surface area contributed by atoms with Crippen molar-refractivity contribution in [3.8, 4) is 11.8 Å². The monoisotopic (exact) mass is 491 g/mol. The first-order chi connectivity index (χ1) is 16.8. The zero-order valence-electron chi connectivity index (χ0n) is 18.4. The molecule has 0 atom stereocenters. The number of ether oxygens (including phenoxy) is 2. The average Bonchev–Trinajstić information content (AvgIpc) is 2.86. The Morgan fingerprint density at radius 3 is 2.37 bits per heavy atom. The number of non-ortho nitro benzene ring substituents is 1. The number of hydrogen-bond acceptors (Lipinski definition) is 7. The number of amides is 1. The number of benzene rings is 3. The van der Waals surface area contributed by atoms with Crippen LogP contribution < -0.4 is 10.1 Å². The molecule has 35 heavy (non-hydrogen) atoms. The third-order valence-electron chi connectivity index (χ3n) is 4.74. The topological polar surface area (TPSA) is 132 Å². The molecule has 0 aliphatic rings. The number of carbonyl (C=O) groups excluding carboxylic acids is 2. The van der Waals surface area contributed by atoms with Gasteiger partial charge in [0.25, 0.3) is 11.6 Å². The molecule has 0 aliphatic heterocycles. The van der Waals surface area contributed by atoms with Crippen molar-refractivity contribution < 1.29 is 24.0 Å². The summed E-state index contributed by atoms with van der Waals surface area (Å²) in [6.07, 6.45) is 1.38. The predicted molar refractivity (Wildman–Crippen MR) is 129 cm³/mol. The van der Waals surface area contributed by atoms with Gasteiger partial charge in [-0.15, -0.1) is 0 Å². The van der Waals surface area contributed by atoms with E-state index in [2.05, 4.69) is 10.1 Å². The molecule has 0 spiro atoms. The summed E-state index contributed by atoms with van der Waals surface area (Å²) in [5, 5.41) is 23.0. The Labute approximate surface area is 205 Å². The maximum Gasteiger partial charge on any atom is 0.337 e. The Hall–Kier alpha value is -4.68. The third kappa shape index (κ3) is 6.66. The number of nitro benzene ring substituents is 1. The minimum atomic E-state index is -0.632. The van der Waals surface area contributed by atoms with Crippen molar-refractivity contribution >= 4 is 40.9 Å². The first-order valence-electron chi connectivity index (χ1n) is 10.1. The Morgan fingerprint density at radius 1 is 1.11 bits per heavy atom. The van der Waals surface area contributed by atoms with Gasteiger partial charge in [0, 0.05) is 17.8 Å². The van der Waals surface area contributed by atoms with Crippen molar-refractivity contribution in [3.63, 3.8) is 0 Å². The van der Waals surface area contributed by atoms with Gasteiger partial charge in [0.15, 0.2) is 0 Å². The van der Waals surface area contributed by atoms with Crippen molar-refractivity contribution in [2.45, 2.75) is 6.61 Å². The highest BCUT2D eigenvalue weighted by atomic mass is 35.5. The summed E-state index contributed by atoms with van der Waals surface area (Å²) in [4.78, 5) is 34.3. The summed E-state index contributed by atoms with van der Waals surface area (Å²) in [7, 11) is 1.27. The number of nitrogens with one attached hydrogen (secondary N) is 1. The van der Waals surface area contributed by atoms with Gasteiger partial charge in [-0.2, -0.15) is 5.26 Å². The largest absolute Gasteiger partial charge is 0.487 e. The molecule has 0 saturated carbocycles. The molecule has 3 aromatic rings. The van der Waals surface area contributed by atoms with Gasteiger partial charge in [-0.3, -0.25) is 14.9 Å². The first kappa shape index (κ1) is 25.0. The Kier molecular flexibility index (Phi) is 8.16. The Bertz CT molecular complexity index is 1330. The van der Waals surface area contributed by atoms with E-state index < -0.39 is 16.8 Å². The molecule has 176 valence electrons. The molecule has 1 amide bonds.